The number of aliphatic hydroxyl groups is 3. The van der Waals surface area contributed by atoms with Crippen molar-refractivity contribution in [1.29, 1.82) is 0 Å². The first kappa shape index (κ1) is 39.5. The molecule has 302 valence electrons. The van der Waals surface area contributed by atoms with Crippen molar-refractivity contribution in [3.05, 3.63) is 80.1 Å². The van der Waals surface area contributed by atoms with Crippen LogP contribution in [-0.2, 0) is 27.3 Å². The van der Waals surface area contributed by atoms with Crippen LogP contribution in [0, 0.1) is 17.7 Å². The second kappa shape index (κ2) is 14.3. The van der Waals surface area contributed by atoms with Gasteiger partial charge in [0, 0.05) is 75.6 Å². The first-order valence-electron chi connectivity index (χ1n) is 18.6. The molecule has 2 fully saturated rings. The number of fused-ring (bicyclic) bond motifs is 4. The quantitative estimate of drug-likeness (QED) is 0.179. The highest BCUT2D eigenvalue weighted by molar-refractivity contribution is 6.25. The highest BCUT2D eigenvalue weighted by atomic mass is 19.1. The standard InChI is InChI=1S/C40H45FN6O10/c1-6-46-17-22(39(55)56)33(49)21-15-24(41)27(16-26(21)46)47-11-9-45(10-12-47)18-42-38(54)31-35(51)32(44(4)5)23-14-19-13-20-25(43(2)3)7-8-28(48)30(20)34(50)29(19)36(52)40(23,57)37(31)53/h7-8,15-17,19,23,32,48,50,53,57H,6,9-14,18H2,1-5H3,(H,42,54)(H,55,56)/t19?,23?,32-,40-/m0/s1. The molecule has 2 aromatic carbocycles. The molecule has 1 aliphatic heterocycles. The van der Waals surface area contributed by atoms with E-state index in [9.17, 15) is 49.5 Å². The Labute approximate surface area is 326 Å². The molecule has 0 bridgehead atoms. The van der Waals surface area contributed by atoms with E-state index in [1.165, 1.54) is 23.2 Å². The number of aromatic hydroxyl groups is 1. The molecule has 2 unspecified atom stereocenters. The lowest BCUT2D eigenvalue weighted by Gasteiger charge is -2.50. The number of carboxylic acids is 1. The van der Waals surface area contributed by atoms with Crippen LogP contribution in [0.5, 0.6) is 5.75 Å². The number of hydrogen-bond acceptors (Lipinski definition) is 13. The molecule has 4 aliphatic rings. The molecule has 3 aromatic rings. The maximum absolute atomic E-state index is 15.4. The zero-order valence-electron chi connectivity index (χ0n) is 32.2. The third kappa shape index (κ3) is 6.11. The van der Waals surface area contributed by atoms with Gasteiger partial charge in [0.15, 0.2) is 11.4 Å². The number of amides is 1. The number of nitrogens with one attached hydrogen (secondary N) is 1. The van der Waals surface area contributed by atoms with Crippen LogP contribution in [0.15, 0.2) is 52.2 Å². The van der Waals surface area contributed by atoms with Crippen molar-refractivity contribution in [2.24, 2.45) is 11.8 Å². The molecular weight excluding hydrogens is 743 g/mol. The van der Waals surface area contributed by atoms with Gasteiger partial charge in [0.25, 0.3) is 5.91 Å². The SMILES string of the molecule is CCn1cc(C(=O)O)c(=O)c2cc(F)c(N3CCN(CNC(=O)C4=C(O)[C@@]5(O)C(=O)C6=C(O)c7c(O)ccc(N(C)C)c7CC6CC5[C@H](N(C)C)C4=O)CC3)cc21. The predicted molar refractivity (Wildman–Crippen MR) is 207 cm³/mol. The van der Waals surface area contributed by atoms with Crippen LogP contribution in [-0.4, -0.2) is 136 Å². The van der Waals surface area contributed by atoms with Crippen LogP contribution in [0.1, 0.15) is 34.8 Å². The molecule has 16 nitrogen and oxygen atoms in total. The van der Waals surface area contributed by atoms with Gasteiger partial charge in [0.2, 0.25) is 11.2 Å². The summed E-state index contributed by atoms with van der Waals surface area (Å²) in [6.07, 6.45) is 1.44. The van der Waals surface area contributed by atoms with Crippen LogP contribution in [0.25, 0.3) is 16.7 Å². The number of anilines is 2. The number of benzene rings is 2. The van der Waals surface area contributed by atoms with E-state index >= 15 is 4.39 Å². The third-order valence-electron chi connectivity index (χ3n) is 11.9. The number of hydrogen-bond donors (Lipinski definition) is 6. The normalized spacial score (nSPS) is 23.8. The minimum atomic E-state index is -2.74. The van der Waals surface area contributed by atoms with Gasteiger partial charge >= 0.3 is 5.97 Å². The summed E-state index contributed by atoms with van der Waals surface area (Å²) >= 11 is 0. The van der Waals surface area contributed by atoms with Gasteiger partial charge in [-0.15, -0.1) is 0 Å². The van der Waals surface area contributed by atoms with Crippen LogP contribution in [0.2, 0.25) is 0 Å². The van der Waals surface area contributed by atoms with E-state index in [4.69, 9.17) is 0 Å². The van der Waals surface area contributed by atoms with Gasteiger partial charge in [0.1, 0.15) is 34.2 Å². The van der Waals surface area contributed by atoms with E-state index in [0.29, 0.717) is 49.5 Å². The molecule has 57 heavy (non-hydrogen) atoms. The molecule has 6 N–H and O–H groups in total. The minimum Gasteiger partial charge on any atom is -0.508 e. The number of carbonyl (C=O) groups excluding carboxylic acids is 3. The third-order valence-corrected chi connectivity index (χ3v) is 11.9. The molecule has 2 heterocycles. The maximum atomic E-state index is 15.4. The Kier molecular flexibility index (Phi) is 9.90. The second-order valence-electron chi connectivity index (χ2n) is 15.5. The highest BCUT2D eigenvalue weighted by Crippen LogP contribution is 2.53. The van der Waals surface area contributed by atoms with Crippen molar-refractivity contribution in [3.8, 4) is 5.75 Å². The van der Waals surface area contributed by atoms with Crippen molar-refractivity contribution < 1.29 is 49.1 Å². The second-order valence-corrected chi connectivity index (χ2v) is 15.5. The van der Waals surface area contributed by atoms with Gasteiger partial charge in [-0.1, -0.05) is 0 Å². The number of phenols is 1. The summed E-state index contributed by atoms with van der Waals surface area (Å²) in [7, 11) is 6.73. The minimum absolute atomic E-state index is 0.000901. The van der Waals surface area contributed by atoms with Gasteiger partial charge in [-0.25, -0.2) is 9.18 Å². The van der Waals surface area contributed by atoms with Gasteiger partial charge in [0.05, 0.1) is 29.5 Å². The number of phenolic OH excluding ortho intramolecular Hbond substituents is 1. The number of Topliss-reactive ketones (excluding diaryl/α,β-unsaturated/α-hetero) is 2. The highest BCUT2D eigenvalue weighted by Gasteiger charge is 2.64. The van der Waals surface area contributed by atoms with E-state index in [2.05, 4.69) is 5.32 Å². The van der Waals surface area contributed by atoms with Gasteiger partial charge < -0.3 is 45.2 Å². The van der Waals surface area contributed by atoms with Gasteiger partial charge in [-0.2, -0.15) is 0 Å². The number of carboxylic acid groups (broad SMARTS) is 1. The molecule has 1 saturated carbocycles. The fourth-order valence-electron chi connectivity index (χ4n) is 9.10. The number of pyridine rings is 1. The Morgan fingerprint density at radius 3 is 2.32 bits per heavy atom. The molecule has 17 heteroatoms. The monoisotopic (exact) mass is 788 g/mol. The number of carbonyl (C=O) groups is 4. The molecular formula is C40H45FN6O10. The van der Waals surface area contributed by atoms with Gasteiger partial charge in [-0.3, -0.25) is 29.0 Å². The Balaban J connectivity index is 1.12. The Morgan fingerprint density at radius 1 is 1.02 bits per heavy atom. The van der Waals surface area contributed by atoms with E-state index in [0.717, 1.165) is 6.07 Å². The Hall–Kier alpha value is -5.78. The van der Waals surface area contributed by atoms with Crippen LogP contribution < -0.4 is 20.5 Å². The van der Waals surface area contributed by atoms with Crippen molar-refractivity contribution in [1.82, 2.24) is 19.7 Å². The van der Waals surface area contributed by atoms with E-state index < -0.39 is 80.8 Å². The largest absolute Gasteiger partial charge is 0.508 e. The average molecular weight is 789 g/mol. The first-order valence-corrected chi connectivity index (χ1v) is 18.6. The van der Waals surface area contributed by atoms with E-state index in [1.54, 1.807) is 55.5 Å². The summed E-state index contributed by atoms with van der Waals surface area (Å²) in [6.45, 7) is 3.23. The molecule has 3 aliphatic carbocycles. The van der Waals surface area contributed by atoms with Gasteiger partial charge in [-0.05, 0) is 69.6 Å². The van der Waals surface area contributed by atoms with Crippen molar-refractivity contribution in [2.75, 3.05) is 70.8 Å². The number of aromatic carboxylic acids is 1. The van der Waals surface area contributed by atoms with Crippen LogP contribution in [0.3, 0.4) is 0 Å². The van der Waals surface area contributed by atoms with E-state index in [1.807, 2.05) is 4.90 Å². The number of aryl methyl sites for hydroxylation is 1. The Bertz CT molecular complexity index is 2380. The number of aliphatic hydroxyl groups excluding tert-OH is 2. The zero-order chi connectivity index (χ0) is 41.4. The molecule has 0 spiro atoms. The van der Waals surface area contributed by atoms with Crippen LogP contribution >= 0.6 is 0 Å². The summed E-state index contributed by atoms with van der Waals surface area (Å²) in [6, 6.07) is 4.45. The number of aromatic nitrogens is 1. The molecule has 7 rings (SSSR count). The number of rotatable bonds is 8. The summed E-state index contributed by atoms with van der Waals surface area (Å²) in [5.74, 6) is -8.72. The number of nitrogens with zero attached hydrogens (tertiary/aromatic N) is 5. The number of piperazine rings is 1. The van der Waals surface area contributed by atoms with Crippen molar-refractivity contribution in [3.63, 3.8) is 0 Å². The van der Waals surface area contributed by atoms with E-state index in [-0.39, 0.29) is 47.5 Å². The topological polar surface area (TPSA) is 216 Å². The summed E-state index contributed by atoms with van der Waals surface area (Å²) in [5.41, 5.74) is -3.02. The van der Waals surface area contributed by atoms with Crippen molar-refractivity contribution >= 4 is 51.5 Å². The number of halogens is 1. The lowest BCUT2D eigenvalue weighted by Crippen LogP contribution is -2.66. The van der Waals surface area contributed by atoms with Crippen molar-refractivity contribution in [2.45, 2.75) is 38.0 Å². The maximum Gasteiger partial charge on any atom is 0.341 e. The fraction of sp³-hybridized carbons (Fsp3) is 0.425. The fourth-order valence-corrected chi connectivity index (χ4v) is 9.10. The predicted octanol–water partition coefficient (Wildman–Crippen LogP) is 1.61. The summed E-state index contributed by atoms with van der Waals surface area (Å²) in [5, 5.41) is 58.1. The van der Waals surface area contributed by atoms with Crippen LogP contribution in [0.4, 0.5) is 15.8 Å². The molecule has 0 radical (unpaired) electrons. The summed E-state index contributed by atoms with van der Waals surface area (Å²) in [4.78, 5) is 73.5. The smallest absolute Gasteiger partial charge is 0.341 e. The molecule has 4 atom stereocenters. The molecule has 1 saturated heterocycles. The first-order chi connectivity index (χ1) is 26.9. The average Bonchev–Trinajstić information content (AvgIpc) is 3.15. The number of ketones is 2. The Morgan fingerprint density at radius 2 is 1.70 bits per heavy atom. The lowest BCUT2D eigenvalue weighted by molar-refractivity contribution is -0.153. The lowest BCUT2D eigenvalue weighted by atomic mass is 9.57. The summed E-state index contributed by atoms with van der Waals surface area (Å²) < 4.78 is 17.0. The zero-order valence-corrected chi connectivity index (χ0v) is 32.2. The number of likely N-dealkylation sites (N-methyl/N-ethyl adjacent to an activating group) is 1. The molecule has 1 amide bonds. The molecule has 1 aromatic heterocycles.